The molecule has 1 aromatic carbocycles. The summed E-state index contributed by atoms with van der Waals surface area (Å²) in [5.74, 6) is -0.567. The fraction of sp³-hybridized carbons (Fsp3) is 0.412. The first-order chi connectivity index (χ1) is 11.4. The van der Waals surface area contributed by atoms with E-state index in [4.69, 9.17) is 4.74 Å². The van der Waals surface area contributed by atoms with Gasteiger partial charge in [0, 0.05) is 31.3 Å². The van der Waals surface area contributed by atoms with E-state index in [1.807, 2.05) is 20.2 Å². The highest BCUT2D eigenvalue weighted by molar-refractivity contribution is 5.96. The number of H-pyrrole nitrogens is 1. The predicted octanol–water partition coefficient (Wildman–Crippen LogP) is 1.38. The maximum atomic E-state index is 12.3. The molecule has 1 aromatic heterocycles. The van der Waals surface area contributed by atoms with Crippen LogP contribution in [0.15, 0.2) is 23.0 Å². The fourth-order valence-electron chi connectivity index (χ4n) is 3.17. The second-order valence-electron chi connectivity index (χ2n) is 6.27. The number of pyridine rings is 1. The van der Waals surface area contributed by atoms with Crippen molar-refractivity contribution in [2.75, 3.05) is 39.2 Å². The number of likely N-dealkylation sites (N-methyl/N-ethyl adjacent to an activating group) is 1. The molecule has 0 unspecified atom stereocenters. The maximum Gasteiger partial charge on any atom is 0.352 e. The van der Waals surface area contributed by atoms with Gasteiger partial charge in [-0.15, -0.1) is 0 Å². The fourth-order valence-corrected chi connectivity index (χ4v) is 3.17. The molecule has 2 aromatic rings. The standard InChI is InChI=1S/C17H21N3O4/c1-19(2)10-4-5-20(9-10)14-7-11(24-3)6-12-15(21)8-13(17(22)23)18-16(12)14/h6-8,10H,4-5,9H2,1-3H3,(H,18,21)(H,22,23)/t10-/m0/s1. The Morgan fingerprint density at radius 1 is 1.38 bits per heavy atom. The van der Waals surface area contributed by atoms with E-state index in [1.165, 1.54) is 0 Å². The van der Waals surface area contributed by atoms with Crippen molar-refractivity contribution in [3.63, 3.8) is 0 Å². The molecule has 1 saturated heterocycles. The van der Waals surface area contributed by atoms with Crippen LogP contribution in [0.4, 0.5) is 5.69 Å². The molecule has 1 atom stereocenters. The zero-order valence-corrected chi connectivity index (χ0v) is 14.0. The minimum atomic E-state index is -1.15. The lowest BCUT2D eigenvalue weighted by atomic mass is 10.1. The van der Waals surface area contributed by atoms with Gasteiger partial charge in [0.05, 0.1) is 23.7 Å². The Hall–Kier alpha value is -2.54. The molecule has 1 aliphatic rings. The summed E-state index contributed by atoms with van der Waals surface area (Å²) in [6, 6.07) is 5.02. The van der Waals surface area contributed by atoms with Gasteiger partial charge in [-0.05, 0) is 26.6 Å². The Balaban J connectivity index is 2.18. The molecule has 7 nitrogen and oxygen atoms in total. The summed E-state index contributed by atoms with van der Waals surface area (Å²) in [6.07, 6.45) is 1.01. The summed E-state index contributed by atoms with van der Waals surface area (Å²) in [4.78, 5) is 30.9. The second-order valence-corrected chi connectivity index (χ2v) is 6.27. The number of carboxylic acids is 1. The zero-order valence-electron chi connectivity index (χ0n) is 14.0. The predicted molar refractivity (Wildman–Crippen MR) is 92.4 cm³/mol. The molecule has 0 amide bonds. The number of aromatic amines is 1. The summed E-state index contributed by atoms with van der Waals surface area (Å²) in [5.41, 5.74) is 0.904. The number of nitrogens with one attached hydrogen (secondary N) is 1. The van der Waals surface area contributed by atoms with Crippen molar-refractivity contribution in [2.24, 2.45) is 0 Å². The molecule has 1 aliphatic heterocycles. The average molecular weight is 331 g/mol. The molecule has 3 rings (SSSR count). The van der Waals surface area contributed by atoms with Crippen molar-refractivity contribution in [3.05, 3.63) is 34.1 Å². The number of carboxylic acid groups (broad SMARTS) is 1. The third-order valence-corrected chi connectivity index (χ3v) is 4.59. The topological polar surface area (TPSA) is 85.9 Å². The number of nitrogens with zero attached hydrogens (tertiary/aromatic N) is 2. The third kappa shape index (κ3) is 2.82. The lowest BCUT2D eigenvalue weighted by Gasteiger charge is -2.23. The van der Waals surface area contributed by atoms with Gasteiger partial charge in [-0.25, -0.2) is 4.79 Å². The molecule has 2 N–H and O–H groups in total. The van der Waals surface area contributed by atoms with Crippen LogP contribution in [0.25, 0.3) is 10.9 Å². The van der Waals surface area contributed by atoms with Gasteiger partial charge >= 0.3 is 5.97 Å². The van der Waals surface area contributed by atoms with Crippen molar-refractivity contribution >= 4 is 22.6 Å². The molecule has 0 radical (unpaired) electrons. The van der Waals surface area contributed by atoms with Crippen LogP contribution in [-0.2, 0) is 0 Å². The highest BCUT2D eigenvalue weighted by Crippen LogP contribution is 2.32. The van der Waals surface area contributed by atoms with Crippen molar-refractivity contribution in [3.8, 4) is 5.75 Å². The van der Waals surface area contributed by atoms with Crippen LogP contribution in [0.3, 0.4) is 0 Å². The molecule has 7 heteroatoms. The number of methoxy groups -OCH3 is 1. The number of aromatic nitrogens is 1. The molecular weight excluding hydrogens is 310 g/mol. The monoisotopic (exact) mass is 331 g/mol. The van der Waals surface area contributed by atoms with Gasteiger partial charge in [-0.3, -0.25) is 4.79 Å². The van der Waals surface area contributed by atoms with Crippen LogP contribution in [0.2, 0.25) is 0 Å². The number of fused-ring (bicyclic) bond motifs is 1. The summed E-state index contributed by atoms with van der Waals surface area (Å²) in [6.45, 7) is 1.65. The highest BCUT2D eigenvalue weighted by Gasteiger charge is 2.26. The Morgan fingerprint density at radius 2 is 2.12 bits per heavy atom. The van der Waals surface area contributed by atoms with E-state index >= 15 is 0 Å². The smallest absolute Gasteiger partial charge is 0.352 e. The molecule has 0 spiro atoms. The van der Waals surface area contributed by atoms with Crippen LogP contribution in [0.1, 0.15) is 16.9 Å². The third-order valence-electron chi connectivity index (χ3n) is 4.59. The number of ether oxygens (including phenoxy) is 1. The molecule has 24 heavy (non-hydrogen) atoms. The Labute approximate surface area is 139 Å². The van der Waals surface area contributed by atoms with E-state index in [-0.39, 0.29) is 11.1 Å². The molecule has 128 valence electrons. The number of aromatic carboxylic acids is 1. The first-order valence-corrected chi connectivity index (χ1v) is 7.80. The molecule has 1 fully saturated rings. The maximum absolute atomic E-state index is 12.3. The number of hydrogen-bond acceptors (Lipinski definition) is 5. The SMILES string of the molecule is COc1cc(N2CC[C@H](N(C)C)C2)c2[nH]c(C(=O)O)cc(=O)c2c1. The lowest BCUT2D eigenvalue weighted by Crippen LogP contribution is -2.31. The van der Waals surface area contributed by atoms with Crippen LogP contribution >= 0.6 is 0 Å². The van der Waals surface area contributed by atoms with Gasteiger partial charge < -0.3 is 24.6 Å². The quantitative estimate of drug-likeness (QED) is 0.880. The van der Waals surface area contributed by atoms with Crippen LogP contribution < -0.4 is 15.1 Å². The molecule has 0 bridgehead atoms. The first kappa shape index (κ1) is 16.3. The van der Waals surface area contributed by atoms with Gasteiger partial charge in [0.1, 0.15) is 11.4 Å². The van der Waals surface area contributed by atoms with Crippen molar-refractivity contribution < 1.29 is 14.6 Å². The second kappa shape index (κ2) is 6.16. The van der Waals surface area contributed by atoms with E-state index in [0.717, 1.165) is 31.3 Å². The van der Waals surface area contributed by atoms with Gasteiger partial charge in [0.2, 0.25) is 0 Å². The Kier molecular flexibility index (Phi) is 4.19. The van der Waals surface area contributed by atoms with E-state index < -0.39 is 5.97 Å². The van der Waals surface area contributed by atoms with Gasteiger partial charge in [-0.1, -0.05) is 0 Å². The minimum Gasteiger partial charge on any atom is -0.497 e. The number of carbonyl (C=O) groups is 1. The van der Waals surface area contributed by atoms with E-state index in [2.05, 4.69) is 14.8 Å². The van der Waals surface area contributed by atoms with Crippen molar-refractivity contribution in [1.29, 1.82) is 0 Å². The highest BCUT2D eigenvalue weighted by atomic mass is 16.5. The number of rotatable bonds is 4. The van der Waals surface area contributed by atoms with Crippen LogP contribution in [0, 0.1) is 0 Å². The minimum absolute atomic E-state index is 0.109. The largest absolute Gasteiger partial charge is 0.497 e. The van der Waals surface area contributed by atoms with E-state index in [1.54, 1.807) is 13.2 Å². The Morgan fingerprint density at radius 3 is 2.71 bits per heavy atom. The summed E-state index contributed by atoms with van der Waals surface area (Å²) < 4.78 is 5.32. The molecule has 0 aliphatic carbocycles. The molecule has 2 heterocycles. The first-order valence-electron chi connectivity index (χ1n) is 7.80. The number of anilines is 1. The van der Waals surface area contributed by atoms with Crippen LogP contribution in [-0.4, -0.2) is 61.3 Å². The van der Waals surface area contributed by atoms with Crippen molar-refractivity contribution in [2.45, 2.75) is 12.5 Å². The van der Waals surface area contributed by atoms with E-state index in [0.29, 0.717) is 22.7 Å². The molecule has 0 saturated carbocycles. The zero-order chi connectivity index (χ0) is 17.4. The van der Waals surface area contributed by atoms with Gasteiger partial charge in [0.25, 0.3) is 0 Å². The van der Waals surface area contributed by atoms with E-state index in [9.17, 15) is 14.7 Å². The lowest BCUT2D eigenvalue weighted by molar-refractivity contribution is 0.0691. The summed E-state index contributed by atoms with van der Waals surface area (Å²) in [5, 5.41) is 9.66. The molecular formula is C17H21N3O4. The number of hydrogen-bond donors (Lipinski definition) is 2. The Bertz CT molecular complexity index is 844. The number of benzene rings is 1. The van der Waals surface area contributed by atoms with Crippen LogP contribution in [0.5, 0.6) is 5.75 Å². The average Bonchev–Trinajstić information content (AvgIpc) is 3.04. The summed E-state index contributed by atoms with van der Waals surface area (Å²) in [7, 11) is 5.64. The van der Waals surface area contributed by atoms with Gasteiger partial charge in [0.15, 0.2) is 5.43 Å². The summed E-state index contributed by atoms with van der Waals surface area (Å²) >= 11 is 0. The van der Waals surface area contributed by atoms with Crippen molar-refractivity contribution in [1.82, 2.24) is 9.88 Å². The normalized spacial score (nSPS) is 17.7. The van der Waals surface area contributed by atoms with Gasteiger partial charge in [-0.2, -0.15) is 0 Å².